The first-order valence-corrected chi connectivity index (χ1v) is 6.14. The zero-order valence-electron chi connectivity index (χ0n) is 9.49. The number of aliphatic imine (C=N–C) groups is 1. The molecule has 18 heavy (non-hydrogen) atoms. The van der Waals surface area contributed by atoms with Gasteiger partial charge in [0.05, 0.1) is 6.54 Å². The fourth-order valence-corrected chi connectivity index (χ4v) is 2.27. The molecule has 0 bridgehead atoms. The van der Waals surface area contributed by atoms with Gasteiger partial charge < -0.3 is 10.1 Å². The van der Waals surface area contributed by atoms with E-state index < -0.39 is 6.36 Å². The second kappa shape index (κ2) is 5.09. The van der Waals surface area contributed by atoms with Crippen LogP contribution < -0.4 is 10.1 Å². The molecule has 1 aliphatic rings. The number of halogens is 3. The summed E-state index contributed by atoms with van der Waals surface area (Å²) in [6.45, 7) is 2.81. The van der Waals surface area contributed by atoms with Gasteiger partial charge in [-0.15, -0.1) is 13.2 Å². The van der Waals surface area contributed by atoms with Crippen molar-refractivity contribution in [2.75, 3.05) is 11.9 Å². The molecule has 1 aromatic carbocycles. The summed E-state index contributed by atoms with van der Waals surface area (Å²) in [5.74, 6) is -0.234. The molecule has 0 amide bonds. The molecule has 0 aliphatic carbocycles. The molecule has 0 spiro atoms. The quantitative estimate of drug-likeness (QED) is 0.897. The van der Waals surface area contributed by atoms with E-state index in [9.17, 15) is 13.2 Å². The number of nitrogens with zero attached hydrogens (tertiary/aromatic N) is 1. The van der Waals surface area contributed by atoms with Gasteiger partial charge in [-0.1, -0.05) is 18.7 Å². The van der Waals surface area contributed by atoms with Crippen LogP contribution in [0.1, 0.15) is 6.92 Å². The summed E-state index contributed by atoms with van der Waals surface area (Å²) in [6, 6.07) is 5.57. The van der Waals surface area contributed by atoms with Gasteiger partial charge in [0.25, 0.3) is 0 Å². The lowest BCUT2D eigenvalue weighted by molar-refractivity contribution is -0.274. The Bertz CT molecular complexity index is 445. The van der Waals surface area contributed by atoms with Crippen LogP contribution in [0.2, 0.25) is 0 Å². The molecule has 7 heteroatoms. The first kappa shape index (κ1) is 13.1. The fourth-order valence-electron chi connectivity index (χ4n) is 1.41. The van der Waals surface area contributed by atoms with Gasteiger partial charge in [0, 0.05) is 10.9 Å². The van der Waals surface area contributed by atoms with Crippen molar-refractivity contribution in [3.05, 3.63) is 24.3 Å². The summed E-state index contributed by atoms with van der Waals surface area (Å²) < 4.78 is 39.6. The maximum absolute atomic E-state index is 12.0. The molecule has 98 valence electrons. The van der Waals surface area contributed by atoms with E-state index in [0.29, 0.717) is 10.9 Å². The molecule has 0 radical (unpaired) electrons. The molecule has 0 aromatic heterocycles. The number of benzene rings is 1. The van der Waals surface area contributed by atoms with Gasteiger partial charge in [0.1, 0.15) is 5.75 Å². The standard InChI is InChI=1S/C11H11F3N2OS/c1-7-6-15-10(18-7)16-8-2-4-9(5-3-8)17-11(12,13)14/h2-5,7H,6H2,1H3,(H,15,16). The van der Waals surface area contributed by atoms with Crippen molar-refractivity contribution in [3.8, 4) is 5.75 Å². The minimum atomic E-state index is -4.66. The summed E-state index contributed by atoms with van der Waals surface area (Å²) >= 11 is 1.60. The minimum Gasteiger partial charge on any atom is -0.406 e. The highest BCUT2D eigenvalue weighted by Crippen LogP contribution is 2.26. The number of anilines is 1. The number of hydrogen-bond acceptors (Lipinski definition) is 4. The Labute approximate surface area is 106 Å². The molecule has 0 fully saturated rings. The monoisotopic (exact) mass is 276 g/mol. The smallest absolute Gasteiger partial charge is 0.406 e. The maximum Gasteiger partial charge on any atom is 0.573 e. The topological polar surface area (TPSA) is 33.6 Å². The van der Waals surface area contributed by atoms with E-state index in [1.165, 1.54) is 24.3 Å². The normalized spacial score (nSPS) is 19.6. The van der Waals surface area contributed by atoms with Gasteiger partial charge in [-0.25, -0.2) is 0 Å². The van der Waals surface area contributed by atoms with E-state index >= 15 is 0 Å². The molecule has 1 unspecified atom stereocenters. The highest BCUT2D eigenvalue weighted by atomic mass is 32.2. The SMILES string of the molecule is CC1CN=C(Nc2ccc(OC(F)(F)F)cc2)S1. The molecule has 1 atom stereocenters. The van der Waals surface area contributed by atoms with Crippen molar-refractivity contribution in [3.63, 3.8) is 0 Å². The largest absolute Gasteiger partial charge is 0.573 e. The fraction of sp³-hybridized carbons (Fsp3) is 0.364. The Balaban J connectivity index is 1.96. The Morgan fingerprint density at radius 3 is 2.50 bits per heavy atom. The molecule has 1 aliphatic heterocycles. The van der Waals surface area contributed by atoms with Crippen molar-refractivity contribution in [2.45, 2.75) is 18.5 Å². The lowest BCUT2D eigenvalue weighted by Crippen LogP contribution is -2.17. The van der Waals surface area contributed by atoms with E-state index in [1.807, 2.05) is 0 Å². The highest BCUT2D eigenvalue weighted by molar-refractivity contribution is 8.15. The van der Waals surface area contributed by atoms with Gasteiger partial charge in [-0.3, -0.25) is 4.99 Å². The van der Waals surface area contributed by atoms with Crippen LogP contribution in [0.3, 0.4) is 0 Å². The average molecular weight is 276 g/mol. The van der Waals surface area contributed by atoms with Crippen molar-refractivity contribution >= 4 is 22.6 Å². The Kier molecular flexibility index (Phi) is 3.70. The second-order valence-electron chi connectivity index (χ2n) is 3.77. The van der Waals surface area contributed by atoms with Crippen LogP contribution in [0.25, 0.3) is 0 Å². The Hall–Kier alpha value is -1.37. The van der Waals surface area contributed by atoms with Crippen LogP contribution in [-0.4, -0.2) is 23.3 Å². The van der Waals surface area contributed by atoms with E-state index in [0.717, 1.165) is 11.7 Å². The molecule has 0 saturated heterocycles. The predicted octanol–water partition coefficient (Wildman–Crippen LogP) is 3.49. The highest BCUT2D eigenvalue weighted by Gasteiger charge is 2.30. The summed E-state index contributed by atoms with van der Waals surface area (Å²) in [4.78, 5) is 4.25. The third kappa shape index (κ3) is 3.83. The van der Waals surface area contributed by atoms with Crippen LogP contribution in [-0.2, 0) is 0 Å². The molecule has 3 nitrogen and oxygen atoms in total. The van der Waals surface area contributed by atoms with Crippen LogP contribution in [0, 0.1) is 0 Å². The average Bonchev–Trinajstić information content (AvgIpc) is 2.65. The first-order valence-electron chi connectivity index (χ1n) is 5.26. The Morgan fingerprint density at radius 2 is 2.00 bits per heavy atom. The zero-order chi connectivity index (χ0) is 13.2. The molecule has 1 N–H and O–H groups in total. The lowest BCUT2D eigenvalue weighted by atomic mass is 10.3. The van der Waals surface area contributed by atoms with Gasteiger partial charge in [0.15, 0.2) is 5.17 Å². The van der Waals surface area contributed by atoms with Gasteiger partial charge in [-0.05, 0) is 24.3 Å². The summed E-state index contributed by atoms with van der Waals surface area (Å²) in [6.07, 6.45) is -4.66. The van der Waals surface area contributed by atoms with Crippen LogP contribution in [0.15, 0.2) is 29.3 Å². The van der Waals surface area contributed by atoms with Crippen molar-refractivity contribution in [2.24, 2.45) is 4.99 Å². The molecular formula is C11H11F3N2OS. The second-order valence-corrected chi connectivity index (χ2v) is 5.20. The number of rotatable bonds is 2. The number of hydrogen-bond donors (Lipinski definition) is 1. The molecule has 0 saturated carbocycles. The number of ether oxygens (including phenoxy) is 1. The lowest BCUT2D eigenvalue weighted by Gasteiger charge is -2.10. The molecular weight excluding hydrogens is 265 g/mol. The van der Waals surface area contributed by atoms with E-state index in [1.54, 1.807) is 11.8 Å². The number of nitrogens with one attached hydrogen (secondary N) is 1. The van der Waals surface area contributed by atoms with Gasteiger partial charge in [-0.2, -0.15) is 0 Å². The summed E-state index contributed by atoms with van der Waals surface area (Å²) in [5, 5.41) is 4.25. The Morgan fingerprint density at radius 1 is 1.33 bits per heavy atom. The van der Waals surface area contributed by atoms with E-state index in [2.05, 4.69) is 22.0 Å². The van der Waals surface area contributed by atoms with Gasteiger partial charge >= 0.3 is 6.36 Å². The van der Waals surface area contributed by atoms with Crippen molar-refractivity contribution in [1.29, 1.82) is 0 Å². The van der Waals surface area contributed by atoms with Crippen LogP contribution in [0.5, 0.6) is 5.75 Å². The molecule has 1 heterocycles. The van der Waals surface area contributed by atoms with Crippen LogP contribution >= 0.6 is 11.8 Å². The van der Waals surface area contributed by atoms with Crippen LogP contribution in [0.4, 0.5) is 18.9 Å². The first-order chi connectivity index (χ1) is 8.42. The predicted molar refractivity (Wildman–Crippen MR) is 66.1 cm³/mol. The third-order valence-corrected chi connectivity index (χ3v) is 3.15. The van der Waals surface area contributed by atoms with E-state index in [4.69, 9.17) is 0 Å². The number of amidine groups is 1. The third-order valence-electron chi connectivity index (χ3n) is 2.14. The molecule has 2 rings (SSSR count). The zero-order valence-corrected chi connectivity index (χ0v) is 10.3. The molecule has 1 aromatic rings. The summed E-state index contributed by atoms with van der Waals surface area (Å²) in [7, 11) is 0. The number of alkyl halides is 3. The maximum atomic E-state index is 12.0. The van der Waals surface area contributed by atoms with Gasteiger partial charge in [0.2, 0.25) is 0 Å². The van der Waals surface area contributed by atoms with Crippen molar-refractivity contribution in [1.82, 2.24) is 0 Å². The summed E-state index contributed by atoms with van der Waals surface area (Å²) in [5.41, 5.74) is 0.685. The number of thioether (sulfide) groups is 1. The van der Waals surface area contributed by atoms with Crippen molar-refractivity contribution < 1.29 is 17.9 Å². The minimum absolute atomic E-state index is 0.234. The van der Waals surface area contributed by atoms with E-state index in [-0.39, 0.29) is 5.75 Å².